The average Bonchev–Trinajstić information content (AvgIpc) is 3.05. The summed E-state index contributed by atoms with van der Waals surface area (Å²) in [5, 5.41) is 7.96. The van der Waals surface area contributed by atoms with Crippen LogP contribution < -0.4 is 10.6 Å². The van der Waals surface area contributed by atoms with Gasteiger partial charge in [0.15, 0.2) is 0 Å². The summed E-state index contributed by atoms with van der Waals surface area (Å²) in [6, 6.07) is 16.6. The molecular weight excluding hydrogens is 334 g/mol. The highest BCUT2D eigenvalue weighted by atomic mass is 15.1. The number of benzene rings is 2. The van der Waals surface area contributed by atoms with Crippen molar-refractivity contribution >= 4 is 28.4 Å². The van der Waals surface area contributed by atoms with Gasteiger partial charge in [0.2, 0.25) is 5.95 Å². The van der Waals surface area contributed by atoms with E-state index in [4.69, 9.17) is 0 Å². The van der Waals surface area contributed by atoms with Gasteiger partial charge in [-0.25, -0.2) is 4.98 Å². The number of nitrogens with zero attached hydrogens (tertiary/aromatic N) is 2. The smallest absolute Gasteiger partial charge is 0.229 e. The van der Waals surface area contributed by atoms with E-state index in [9.17, 15) is 0 Å². The minimum atomic E-state index is 0.595. The molecule has 136 valence electrons. The maximum absolute atomic E-state index is 4.57. The SMILES string of the molecule is Cc1cc(C)cc(Nc2nccc(NCCc3c[nH]c4ccccc34)n2)c1. The van der Waals surface area contributed by atoms with E-state index in [1.807, 2.05) is 12.1 Å². The van der Waals surface area contributed by atoms with Crippen LogP contribution in [0.3, 0.4) is 0 Å². The maximum atomic E-state index is 4.57. The van der Waals surface area contributed by atoms with E-state index >= 15 is 0 Å². The summed E-state index contributed by atoms with van der Waals surface area (Å²) in [7, 11) is 0. The van der Waals surface area contributed by atoms with Crippen LogP contribution in [0.15, 0.2) is 60.9 Å². The summed E-state index contributed by atoms with van der Waals surface area (Å²) in [6.07, 6.45) is 4.78. The van der Waals surface area contributed by atoms with Gasteiger partial charge in [-0.3, -0.25) is 0 Å². The Morgan fingerprint density at radius 2 is 1.81 bits per heavy atom. The summed E-state index contributed by atoms with van der Waals surface area (Å²) in [5.41, 5.74) is 5.91. The molecule has 0 spiro atoms. The number of fused-ring (bicyclic) bond motifs is 1. The second-order valence-electron chi connectivity index (χ2n) is 6.80. The molecular formula is C22H23N5. The number of rotatable bonds is 6. The Bertz CT molecular complexity index is 1050. The number of hydrogen-bond acceptors (Lipinski definition) is 4. The number of hydrogen-bond donors (Lipinski definition) is 3. The van der Waals surface area contributed by atoms with E-state index < -0.39 is 0 Å². The van der Waals surface area contributed by atoms with Crippen LogP contribution in [0.25, 0.3) is 10.9 Å². The highest BCUT2D eigenvalue weighted by Crippen LogP contribution is 2.19. The fraction of sp³-hybridized carbons (Fsp3) is 0.182. The molecule has 0 saturated carbocycles. The molecule has 0 bridgehead atoms. The summed E-state index contributed by atoms with van der Waals surface area (Å²) in [6.45, 7) is 4.98. The van der Waals surface area contributed by atoms with Gasteiger partial charge in [-0.1, -0.05) is 24.3 Å². The van der Waals surface area contributed by atoms with Crippen LogP contribution in [-0.4, -0.2) is 21.5 Å². The van der Waals surface area contributed by atoms with E-state index in [1.165, 1.54) is 27.6 Å². The second-order valence-corrected chi connectivity index (χ2v) is 6.80. The fourth-order valence-electron chi connectivity index (χ4n) is 3.36. The van der Waals surface area contributed by atoms with Crippen molar-refractivity contribution in [3.63, 3.8) is 0 Å². The average molecular weight is 357 g/mol. The Hall–Kier alpha value is -3.34. The topological polar surface area (TPSA) is 65.6 Å². The van der Waals surface area contributed by atoms with Crippen LogP contribution in [0.4, 0.5) is 17.5 Å². The molecule has 0 aliphatic carbocycles. The Morgan fingerprint density at radius 1 is 1.00 bits per heavy atom. The molecule has 0 atom stereocenters. The largest absolute Gasteiger partial charge is 0.370 e. The molecule has 0 saturated heterocycles. The van der Waals surface area contributed by atoms with E-state index in [-0.39, 0.29) is 0 Å². The van der Waals surface area contributed by atoms with Crippen molar-refractivity contribution in [2.45, 2.75) is 20.3 Å². The maximum Gasteiger partial charge on any atom is 0.229 e. The minimum Gasteiger partial charge on any atom is -0.370 e. The second kappa shape index (κ2) is 7.50. The predicted octanol–water partition coefficient (Wildman–Crippen LogP) is 4.97. The highest BCUT2D eigenvalue weighted by molar-refractivity contribution is 5.83. The molecule has 27 heavy (non-hydrogen) atoms. The number of nitrogens with one attached hydrogen (secondary N) is 3. The number of aromatic nitrogens is 3. The number of para-hydroxylation sites is 1. The molecule has 0 fully saturated rings. The highest BCUT2D eigenvalue weighted by Gasteiger charge is 2.04. The Kier molecular flexibility index (Phi) is 4.75. The standard InChI is InChI=1S/C22H23N5/c1-15-11-16(2)13-18(12-15)26-22-24-10-8-21(27-22)23-9-7-17-14-25-20-6-4-3-5-19(17)20/h3-6,8,10-14,25H,7,9H2,1-2H3,(H2,23,24,26,27). The summed E-state index contributed by atoms with van der Waals surface area (Å²) in [4.78, 5) is 12.2. The molecule has 5 nitrogen and oxygen atoms in total. The van der Waals surface area contributed by atoms with Gasteiger partial charge in [0.1, 0.15) is 5.82 Å². The van der Waals surface area contributed by atoms with E-state index in [0.29, 0.717) is 5.95 Å². The number of H-pyrrole nitrogens is 1. The van der Waals surface area contributed by atoms with Crippen molar-refractivity contribution in [2.75, 3.05) is 17.2 Å². The summed E-state index contributed by atoms with van der Waals surface area (Å²) >= 11 is 0. The first kappa shape index (κ1) is 17.1. The molecule has 0 amide bonds. The predicted molar refractivity (Wildman–Crippen MR) is 112 cm³/mol. The van der Waals surface area contributed by atoms with Crippen LogP contribution in [0, 0.1) is 13.8 Å². The molecule has 4 rings (SSSR count). The molecule has 2 aromatic heterocycles. The molecule has 0 radical (unpaired) electrons. The third-order valence-electron chi connectivity index (χ3n) is 4.51. The first-order valence-corrected chi connectivity index (χ1v) is 9.14. The molecule has 0 unspecified atom stereocenters. The van der Waals surface area contributed by atoms with Crippen molar-refractivity contribution in [3.8, 4) is 0 Å². The van der Waals surface area contributed by atoms with Gasteiger partial charge in [-0.2, -0.15) is 4.98 Å². The van der Waals surface area contributed by atoms with Crippen LogP contribution in [0.2, 0.25) is 0 Å². The molecule has 4 aromatic rings. The van der Waals surface area contributed by atoms with Crippen LogP contribution in [0.5, 0.6) is 0 Å². The Morgan fingerprint density at radius 3 is 2.67 bits per heavy atom. The zero-order chi connectivity index (χ0) is 18.6. The van der Waals surface area contributed by atoms with Crippen LogP contribution in [0.1, 0.15) is 16.7 Å². The number of aromatic amines is 1. The minimum absolute atomic E-state index is 0.595. The monoisotopic (exact) mass is 357 g/mol. The van der Waals surface area contributed by atoms with E-state index in [0.717, 1.165) is 24.5 Å². The lowest BCUT2D eigenvalue weighted by molar-refractivity contribution is 1.01. The van der Waals surface area contributed by atoms with Gasteiger partial charge in [0, 0.05) is 35.5 Å². The number of aryl methyl sites for hydroxylation is 2. The molecule has 2 heterocycles. The van der Waals surface area contributed by atoms with Gasteiger partial charge in [0.05, 0.1) is 0 Å². The van der Waals surface area contributed by atoms with E-state index in [2.05, 4.69) is 82.0 Å². The first-order valence-electron chi connectivity index (χ1n) is 9.14. The van der Waals surface area contributed by atoms with Crippen molar-refractivity contribution in [1.29, 1.82) is 0 Å². The zero-order valence-electron chi connectivity index (χ0n) is 15.6. The molecule has 5 heteroatoms. The van der Waals surface area contributed by atoms with Gasteiger partial charge in [-0.05, 0) is 61.2 Å². The molecule has 0 aliphatic rings. The van der Waals surface area contributed by atoms with Gasteiger partial charge in [0.25, 0.3) is 0 Å². The lowest BCUT2D eigenvalue weighted by Crippen LogP contribution is -2.07. The van der Waals surface area contributed by atoms with Crippen LogP contribution in [-0.2, 0) is 6.42 Å². The van der Waals surface area contributed by atoms with Crippen molar-refractivity contribution in [1.82, 2.24) is 15.0 Å². The van der Waals surface area contributed by atoms with Gasteiger partial charge >= 0.3 is 0 Å². The van der Waals surface area contributed by atoms with Crippen molar-refractivity contribution < 1.29 is 0 Å². The van der Waals surface area contributed by atoms with E-state index in [1.54, 1.807) is 6.20 Å². The van der Waals surface area contributed by atoms with Gasteiger partial charge < -0.3 is 15.6 Å². The number of anilines is 3. The Labute approximate surface area is 158 Å². The molecule has 0 aliphatic heterocycles. The third kappa shape index (κ3) is 4.08. The van der Waals surface area contributed by atoms with Gasteiger partial charge in [-0.15, -0.1) is 0 Å². The summed E-state index contributed by atoms with van der Waals surface area (Å²) < 4.78 is 0. The molecule has 3 N–H and O–H groups in total. The lowest BCUT2D eigenvalue weighted by atomic mass is 10.1. The van der Waals surface area contributed by atoms with Crippen molar-refractivity contribution in [3.05, 3.63) is 77.6 Å². The van der Waals surface area contributed by atoms with Crippen molar-refractivity contribution in [2.24, 2.45) is 0 Å². The summed E-state index contributed by atoms with van der Waals surface area (Å²) in [5.74, 6) is 1.41. The normalized spacial score (nSPS) is 10.9. The lowest BCUT2D eigenvalue weighted by Gasteiger charge is -2.09. The first-order chi connectivity index (χ1) is 13.2. The molecule has 2 aromatic carbocycles. The third-order valence-corrected chi connectivity index (χ3v) is 4.51. The Balaban J connectivity index is 1.40. The fourth-order valence-corrected chi connectivity index (χ4v) is 3.36. The quantitative estimate of drug-likeness (QED) is 0.456. The van der Waals surface area contributed by atoms with Crippen LogP contribution >= 0.6 is 0 Å². The zero-order valence-corrected chi connectivity index (χ0v) is 15.6.